The molecule has 1 atom stereocenters. The van der Waals surface area contributed by atoms with Gasteiger partial charge in [0, 0.05) is 43.6 Å². The van der Waals surface area contributed by atoms with E-state index < -0.39 is 0 Å². The molecule has 1 aromatic heterocycles. The van der Waals surface area contributed by atoms with E-state index in [9.17, 15) is 0 Å². The number of nitrogens with one attached hydrogen (secondary N) is 2. The summed E-state index contributed by atoms with van der Waals surface area (Å²) in [6.07, 6.45) is 5.48. The average Bonchev–Trinajstić information content (AvgIpc) is 3.43. The van der Waals surface area contributed by atoms with Gasteiger partial charge in [-0.3, -0.25) is 9.89 Å². The molecule has 29 heavy (non-hydrogen) atoms. The van der Waals surface area contributed by atoms with Crippen LogP contribution >= 0.6 is 35.3 Å². The maximum absolute atomic E-state index is 5.55. The van der Waals surface area contributed by atoms with Gasteiger partial charge in [-0.25, -0.2) is 0 Å². The highest BCUT2D eigenvalue weighted by Crippen LogP contribution is 2.26. The average molecular weight is 536 g/mol. The van der Waals surface area contributed by atoms with Crippen molar-refractivity contribution in [3.8, 4) is 0 Å². The molecule has 1 saturated carbocycles. The maximum Gasteiger partial charge on any atom is 0.191 e. The molecule has 2 N–H and O–H groups in total. The molecular weight excluding hydrogens is 497 g/mol. The van der Waals surface area contributed by atoms with Crippen LogP contribution < -0.4 is 10.6 Å². The first kappa shape index (κ1) is 24.8. The quantitative estimate of drug-likeness (QED) is 0.289. The van der Waals surface area contributed by atoms with Crippen molar-refractivity contribution in [1.29, 1.82) is 0 Å². The van der Waals surface area contributed by atoms with Crippen LogP contribution in [0.2, 0.25) is 0 Å². The van der Waals surface area contributed by atoms with Gasteiger partial charge in [-0.1, -0.05) is 18.9 Å². The summed E-state index contributed by atoms with van der Waals surface area (Å²) in [5.74, 6) is 0.928. The Morgan fingerprint density at radius 3 is 2.72 bits per heavy atom. The van der Waals surface area contributed by atoms with Crippen molar-refractivity contribution in [1.82, 2.24) is 20.4 Å². The molecule has 1 aliphatic carbocycles. The SMILES string of the molecule is CCNC(=NCC(c1cccs1)N1CCOCC1)NCCN(C)C1CCCC1.I. The summed E-state index contributed by atoms with van der Waals surface area (Å²) in [5.41, 5.74) is 0. The lowest BCUT2D eigenvalue weighted by Crippen LogP contribution is -2.43. The van der Waals surface area contributed by atoms with E-state index in [4.69, 9.17) is 9.73 Å². The molecule has 2 heterocycles. The van der Waals surface area contributed by atoms with E-state index in [-0.39, 0.29) is 24.0 Å². The number of aliphatic imine (C=N–C) groups is 1. The zero-order chi connectivity index (χ0) is 19.6. The first-order valence-electron chi connectivity index (χ1n) is 10.9. The fourth-order valence-corrected chi connectivity index (χ4v) is 5.01. The molecule has 2 fully saturated rings. The van der Waals surface area contributed by atoms with Crippen LogP contribution in [-0.2, 0) is 4.74 Å². The minimum atomic E-state index is 0. The Kier molecular flexibility index (Phi) is 11.8. The van der Waals surface area contributed by atoms with E-state index in [1.54, 1.807) is 0 Å². The van der Waals surface area contributed by atoms with Crippen molar-refractivity contribution in [2.45, 2.75) is 44.7 Å². The van der Waals surface area contributed by atoms with E-state index in [1.807, 2.05) is 11.3 Å². The smallest absolute Gasteiger partial charge is 0.191 e. The predicted molar refractivity (Wildman–Crippen MR) is 134 cm³/mol. The summed E-state index contributed by atoms with van der Waals surface area (Å²) >= 11 is 1.83. The molecule has 1 aliphatic heterocycles. The minimum absolute atomic E-state index is 0. The number of hydrogen-bond acceptors (Lipinski definition) is 5. The second-order valence-electron chi connectivity index (χ2n) is 7.74. The molecule has 0 bridgehead atoms. The molecule has 1 unspecified atom stereocenters. The van der Waals surface area contributed by atoms with Crippen LogP contribution in [0.1, 0.15) is 43.5 Å². The summed E-state index contributed by atoms with van der Waals surface area (Å²) in [7, 11) is 2.26. The molecule has 8 heteroatoms. The number of nitrogens with zero attached hydrogens (tertiary/aromatic N) is 3. The van der Waals surface area contributed by atoms with Gasteiger partial charge in [0.2, 0.25) is 0 Å². The molecule has 0 radical (unpaired) electrons. The van der Waals surface area contributed by atoms with E-state index in [0.29, 0.717) is 6.04 Å². The number of halogens is 1. The molecule has 0 amide bonds. The van der Waals surface area contributed by atoms with Gasteiger partial charge in [0.05, 0.1) is 25.8 Å². The second-order valence-corrected chi connectivity index (χ2v) is 8.72. The predicted octanol–water partition coefficient (Wildman–Crippen LogP) is 3.17. The summed E-state index contributed by atoms with van der Waals surface area (Å²) in [4.78, 5) is 11.3. The van der Waals surface area contributed by atoms with E-state index >= 15 is 0 Å². The van der Waals surface area contributed by atoms with Crippen molar-refractivity contribution >= 4 is 41.3 Å². The third kappa shape index (κ3) is 7.97. The number of hydrogen-bond donors (Lipinski definition) is 2. The largest absolute Gasteiger partial charge is 0.379 e. The molecular formula is C21H38IN5OS. The molecule has 2 aliphatic rings. The molecule has 166 valence electrons. The van der Waals surface area contributed by atoms with Gasteiger partial charge in [-0.2, -0.15) is 0 Å². The maximum atomic E-state index is 5.55. The number of thiophene rings is 1. The number of morpholine rings is 1. The van der Waals surface area contributed by atoms with Gasteiger partial charge in [-0.15, -0.1) is 35.3 Å². The highest BCUT2D eigenvalue weighted by atomic mass is 127. The fourth-order valence-electron chi connectivity index (χ4n) is 4.15. The second kappa shape index (κ2) is 13.8. The fraction of sp³-hybridized carbons (Fsp3) is 0.762. The summed E-state index contributed by atoms with van der Waals surface area (Å²) < 4.78 is 5.55. The van der Waals surface area contributed by atoms with Crippen LogP contribution in [0, 0.1) is 0 Å². The van der Waals surface area contributed by atoms with E-state index in [0.717, 1.165) is 64.5 Å². The molecule has 0 spiro atoms. The molecule has 6 nitrogen and oxygen atoms in total. The summed E-state index contributed by atoms with van der Waals surface area (Å²) in [6.45, 7) is 9.37. The molecule has 1 saturated heterocycles. The lowest BCUT2D eigenvalue weighted by Gasteiger charge is -2.33. The summed E-state index contributed by atoms with van der Waals surface area (Å²) in [6, 6.07) is 5.47. The normalized spacial score (nSPS) is 19.9. The highest BCUT2D eigenvalue weighted by Gasteiger charge is 2.23. The standard InChI is InChI=1S/C21H37N5OS.HI/c1-3-22-21(23-10-11-25(2)18-7-4-5-8-18)24-17-19(20-9-6-16-28-20)26-12-14-27-15-13-26;/h6,9,16,18-19H,3-5,7-8,10-15,17H2,1-2H3,(H2,22,23,24);1H. The topological polar surface area (TPSA) is 52.1 Å². The van der Waals surface area contributed by atoms with Crippen molar-refractivity contribution in [2.75, 3.05) is 59.5 Å². The van der Waals surface area contributed by atoms with Gasteiger partial charge in [-0.05, 0) is 38.3 Å². The molecule has 0 aromatic carbocycles. The molecule has 3 rings (SSSR count). The number of rotatable bonds is 9. The zero-order valence-corrected chi connectivity index (χ0v) is 21.1. The number of guanidine groups is 1. The van der Waals surface area contributed by atoms with Crippen LogP contribution in [-0.4, -0.2) is 81.3 Å². The first-order chi connectivity index (χ1) is 13.8. The molecule has 1 aromatic rings. The van der Waals surface area contributed by atoms with Crippen molar-refractivity contribution < 1.29 is 4.74 Å². The van der Waals surface area contributed by atoms with Crippen LogP contribution in [0.3, 0.4) is 0 Å². The van der Waals surface area contributed by atoms with Gasteiger partial charge < -0.3 is 20.3 Å². The summed E-state index contributed by atoms with van der Waals surface area (Å²) in [5, 5.41) is 9.11. The number of ether oxygens (including phenoxy) is 1. The Labute approximate surface area is 197 Å². The van der Waals surface area contributed by atoms with Crippen molar-refractivity contribution in [3.05, 3.63) is 22.4 Å². The van der Waals surface area contributed by atoms with E-state index in [2.05, 4.69) is 51.9 Å². The zero-order valence-electron chi connectivity index (χ0n) is 17.9. The van der Waals surface area contributed by atoms with Crippen LogP contribution in [0.25, 0.3) is 0 Å². The Morgan fingerprint density at radius 2 is 2.07 bits per heavy atom. The Balaban J connectivity index is 0.00000300. The third-order valence-electron chi connectivity index (χ3n) is 5.83. The van der Waals surface area contributed by atoms with Crippen molar-refractivity contribution in [3.63, 3.8) is 0 Å². The lowest BCUT2D eigenvalue weighted by atomic mass is 10.2. The van der Waals surface area contributed by atoms with Gasteiger partial charge in [0.15, 0.2) is 5.96 Å². The minimum Gasteiger partial charge on any atom is -0.379 e. The Morgan fingerprint density at radius 1 is 1.31 bits per heavy atom. The Bertz CT molecular complexity index is 574. The van der Waals surface area contributed by atoms with Crippen molar-refractivity contribution in [2.24, 2.45) is 4.99 Å². The van der Waals surface area contributed by atoms with Gasteiger partial charge >= 0.3 is 0 Å². The van der Waals surface area contributed by atoms with Gasteiger partial charge in [0.25, 0.3) is 0 Å². The number of likely N-dealkylation sites (N-methyl/N-ethyl adjacent to an activating group) is 1. The third-order valence-corrected chi connectivity index (χ3v) is 6.80. The van der Waals surface area contributed by atoms with Gasteiger partial charge in [0.1, 0.15) is 0 Å². The Hall–Kier alpha value is -0.420. The van der Waals surface area contributed by atoms with Crippen LogP contribution in [0.5, 0.6) is 0 Å². The first-order valence-corrected chi connectivity index (χ1v) is 11.7. The lowest BCUT2D eigenvalue weighted by molar-refractivity contribution is 0.0186. The van der Waals surface area contributed by atoms with Crippen LogP contribution in [0.15, 0.2) is 22.5 Å². The monoisotopic (exact) mass is 535 g/mol. The highest BCUT2D eigenvalue weighted by molar-refractivity contribution is 14.0. The van der Waals surface area contributed by atoms with E-state index in [1.165, 1.54) is 30.6 Å². The van der Waals surface area contributed by atoms with Crippen LogP contribution in [0.4, 0.5) is 0 Å².